The van der Waals surface area contributed by atoms with Gasteiger partial charge >= 0.3 is 6.09 Å². The van der Waals surface area contributed by atoms with Crippen molar-refractivity contribution in [3.8, 4) is 5.75 Å². The summed E-state index contributed by atoms with van der Waals surface area (Å²) in [6, 6.07) is 12.8. The number of ketones is 1. The van der Waals surface area contributed by atoms with Gasteiger partial charge in [-0.2, -0.15) is 0 Å². The van der Waals surface area contributed by atoms with Gasteiger partial charge in [-0.1, -0.05) is 18.2 Å². The molecule has 0 aliphatic carbocycles. The fraction of sp³-hybridized carbons (Fsp3) is 0.375. The second-order valence-electron chi connectivity index (χ2n) is 8.33. The van der Waals surface area contributed by atoms with Crippen LogP contribution >= 0.6 is 0 Å². The number of aliphatic imine (C=N–C) groups is 1. The maximum Gasteiger partial charge on any atom is 0.411 e. The minimum Gasteiger partial charge on any atom is -0.497 e. The van der Waals surface area contributed by atoms with E-state index in [0.29, 0.717) is 11.3 Å². The molecule has 158 valence electrons. The first-order chi connectivity index (χ1) is 14.2. The van der Waals surface area contributed by atoms with Gasteiger partial charge in [0.15, 0.2) is 5.78 Å². The second-order valence-corrected chi connectivity index (χ2v) is 8.33. The molecule has 0 radical (unpaired) electrons. The van der Waals surface area contributed by atoms with Crippen LogP contribution in [-0.4, -0.2) is 36.3 Å². The molecule has 0 aromatic heterocycles. The molecular formula is C24H28N2O4. The Balaban J connectivity index is 1.83. The molecule has 2 aromatic rings. The van der Waals surface area contributed by atoms with E-state index in [1.165, 1.54) is 0 Å². The van der Waals surface area contributed by atoms with Crippen molar-refractivity contribution in [1.29, 1.82) is 0 Å². The van der Waals surface area contributed by atoms with E-state index in [2.05, 4.69) is 19.2 Å². The molecule has 0 spiro atoms. The molecule has 0 unspecified atom stereocenters. The maximum absolute atomic E-state index is 13.0. The summed E-state index contributed by atoms with van der Waals surface area (Å²) in [5.74, 6) is 0.671. The summed E-state index contributed by atoms with van der Waals surface area (Å²) in [7, 11) is 1.62. The van der Waals surface area contributed by atoms with Gasteiger partial charge in [-0.15, -0.1) is 0 Å². The quantitative estimate of drug-likeness (QED) is 0.679. The maximum atomic E-state index is 13.0. The van der Waals surface area contributed by atoms with E-state index in [0.717, 1.165) is 29.0 Å². The lowest BCUT2D eigenvalue weighted by Crippen LogP contribution is -2.30. The highest BCUT2D eigenvalue weighted by molar-refractivity contribution is 6.17. The molecular weight excluding hydrogens is 380 g/mol. The molecule has 0 bridgehead atoms. The highest BCUT2D eigenvalue weighted by atomic mass is 16.6. The number of carbonyl (C=O) groups is 2. The van der Waals surface area contributed by atoms with Crippen LogP contribution in [0, 0.1) is 0 Å². The van der Waals surface area contributed by atoms with Crippen LogP contribution in [0.25, 0.3) is 0 Å². The number of benzene rings is 2. The second kappa shape index (κ2) is 8.69. The van der Waals surface area contributed by atoms with Crippen LogP contribution in [0.1, 0.15) is 55.6 Å². The Labute approximate surface area is 177 Å². The van der Waals surface area contributed by atoms with E-state index in [4.69, 9.17) is 14.5 Å². The summed E-state index contributed by atoms with van der Waals surface area (Å²) >= 11 is 0. The molecule has 30 heavy (non-hydrogen) atoms. The first-order valence-electron chi connectivity index (χ1n) is 10.0. The van der Waals surface area contributed by atoms with Gasteiger partial charge in [-0.3, -0.25) is 15.1 Å². The summed E-state index contributed by atoms with van der Waals surface area (Å²) < 4.78 is 10.5. The van der Waals surface area contributed by atoms with Crippen molar-refractivity contribution in [3.05, 3.63) is 59.2 Å². The highest BCUT2D eigenvalue weighted by Gasteiger charge is 2.28. The van der Waals surface area contributed by atoms with E-state index in [9.17, 15) is 9.59 Å². The number of ether oxygens (including phenoxy) is 2. The highest BCUT2D eigenvalue weighted by Crippen LogP contribution is 2.31. The summed E-state index contributed by atoms with van der Waals surface area (Å²) in [5, 5.41) is 2.66. The summed E-state index contributed by atoms with van der Waals surface area (Å²) in [6.45, 7) is 7.68. The predicted octanol–water partition coefficient (Wildman–Crippen LogP) is 5.05. The van der Waals surface area contributed by atoms with Crippen LogP contribution in [0.5, 0.6) is 5.75 Å². The number of methoxy groups -OCH3 is 1. The Kier molecular flexibility index (Phi) is 6.25. The zero-order valence-corrected chi connectivity index (χ0v) is 18.1. The topological polar surface area (TPSA) is 77.0 Å². The number of nitrogens with one attached hydrogen (secondary N) is 1. The zero-order chi connectivity index (χ0) is 21.9. The van der Waals surface area contributed by atoms with E-state index in [1.807, 2.05) is 18.2 Å². The fourth-order valence-corrected chi connectivity index (χ4v) is 3.56. The van der Waals surface area contributed by atoms with Gasteiger partial charge < -0.3 is 9.47 Å². The predicted molar refractivity (Wildman–Crippen MR) is 118 cm³/mol. The van der Waals surface area contributed by atoms with Crippen LogP contribution in [0.15, 0.2) is 47.5 Å². The standard InChI is InChI=1S/C24H28N2O4/c1-15(2)30-23(28)25-18-8-6-7-16(11-18)22(27)13-21-20-12-19(29-5)10-9-17(20)14-24(3,4)26-21/h6-12,15H,13-14H2,1-5H3,(H,25,28). The van der Waals surface area contributed by atoms with Crippen LogP contribution in [0.4, 0.5) is 10.5 Å². The number of nitrogens with zero attached hydrogens (tertiary/aromatic N) is 1. The fourth-order valence-electron chi connectivity index (χ4n) is 3.56. The van der Waals surface area contributed by atoms with E-state index < -0.39 is 6.09 Å². The lowest BCUT2D eigenvalue weighted by molar-refractivity contribution is 0.1000. The largest absolute Gasteiger partial charge is 0.497 e. The first-order valence-corrected chi connectivity index (χ1v) is 10.0. The van der Waals surface area contributed by atoms with Crippen molar-refractivity contribution >= 4 is 23.3 Å². The summed E-state index contributed by atoms with van der Waals surface area (Å²) in [4.78, 5) is 29.7. The SMILES string of the molecule is COc1ccc2c(c1)C(CC(=O)c1cccc(NC(=O)OC(C)C)c1)=NC(C)(C)C2. The number of rotatable bonds is 6. The molecule has 1 N–H and O–H groups in total. The molecule has 0 saturated heterocycles. The first kappa shape index (κ1) is 21.6. The zero-order valence-electron chi connectivity index (χ0n) is 18.1. The molecule has 1 aliphatic rings. The van der Waals surface area contributed by atoms with Crippen LogP contribution in [-0.2, 0) is 11.2 Å². The third kappa shape index (κ3) is 5.26. The summed E-state index contributed by atoms with van der Waals surface area (Å²) in [5.41, 5.74) is 3.61. The Morgan fingerprint density at radius 2 is 1.93 bits per heavy atom. The average Bonchev–Trinajstić information content (AvgIpc) is 2.66. The summed E-state index contributed by atoms with van der Waals surface area (Å²) in [6.07, 6.45) is 0.207. The van der Waals surface area contributed by atoms with Crippen LogP contribution in [0.3, 0.4) is 0 Å². The smallest absolute Gasteiger partial charge is 0.411 e. The third-order valence-electron chi connectivity index (χ3n) is 4.79. The van der Waals surface area contributed by atoms with Gasteiger partial charge in [0.1, 0.15) is 5.75 Å². The van der Waals surface area contributed by atoms with E-state index in [1.54, 1.807) is 45.2 Å². The molecule has 6 heteroatoms. The van der Waals surface area contributed by atoms with Gasteiger partial charge in [-0.25, -0.2) is 4.79 Å². The van der Waals surface area contributed by atoms with Gasteiger partial charge in [-0.05, 0) is 63.9 Å². The van der Waals surface area contributed by atoms with Crippen LogP contribution < -0.4 is 10.1 Å². The van der Waals surface area contributed by atoms with E-state index in [-0.39, 0.29) is 23.8 Å². The van der Waals surface area contributed by atoms with Gasteiger partial charge in [0.25, 0.3) is 0 Å². The Morgan fingerprint density at radius 1 is 1.17 bits per heavy atom. The normalized spacial score (nSPS) is 14.5. The molecule has 2 aromatic carbocycles. The van der Waals surface area contributed by atoms with E-state index >= 15 is 0 Å². The van der Waals surface area contributed by atoms with Gasteiger partial charge in [0.05, 0.1) is 30.9 Å². The number of fused-ring (bicyclic) bond motifs is 1. The molecule has 3 rings (SSSR count). The average molecular weight is 408 g/mol. The monoisotopic (exact) mass is 408 g/mol. The molecule has 1 aliphatic heterocycles. The number of Topliss-reactive ketones (excluding diaryl/α,β-unsaturated/α-hetero) is 1. The Morgan fingerprint density at radius 3 is 2.63 bits per heavy atom. The number of carbonyl (C=O) groups excluding carboxylic acids is 2. The number of amides is 1. The van der Waals surface area contributed by atoms with Crippen molar-refractivity contribution in [2.24, 2.45) is 4.99 Å². The van der Waals surface area contributed by atoms with Crippen molar-refractivity contribution in [2.75, 3.05) is 12.4 Å². The number of hydrogen-bond acceptors (Lipinski definition) is 5. The number of anilines is 1. The number of hydrogen-bond donors (Lipinski definition) is 1. The Hall–Kier alpha value is -3.15. The molecule has 1 amide bonds. The lowest BCUT2D eigenvalue weighted by atomic mass is 9.85. The molecule has 6 nitrogen and oxygen atoms in total. The minimum atomic E-state index is -0.547. The van der Waals surface area contributed by atoms with Crippen molar-refractivity contribution < 1.29 is 19.1 Å². The van der Waals surface area contributed by atoms with Crippen molar-refractivity contribution in [2.45, 2.75) is 52.2 Å². The van der Waals surface area contributed by atoms with Gasteiger partial charge in [0.2, 0.25) is 0 Å². The third-order valence-corrected chi connectivity index (χ3v) is 4.79. The molecule has 0 atom stereocenters. The van der Waals surface area contributed by atoms with Crippen molar-refractivity contribution in [3.63, 3.8) is 0 Å². The Bertz CT molecular complexity index is 992. The molecule has 1 heterocycles. The minimum absolute atomic E-state index is 0.0684. The lowest BCUT2D eigenvalue weighted by Gasteiger charge is -2.29. The van der Waals surface area contributed by atoms with Crippen molar-refractivity contribution in [1.82, 2.24) is 0 Å². The van der Waals surface area contributed by atoms with Gasteiger partial charge in [0, 0.05) is 16.8 Å². The molecule has 0 saturated carbocycles. The van der Waals surface area contributed by atoms with Crippen LogP contribution in [0.2, 0.25) is 0 Å². The molecule has 0 fully saturated rings.